The lowest BCUT2D eigenvalue weighted by Gasteiger charge is -2.18. The fourth-order valence-corrected chi connectivity index (χ4v) is 2.85. The Balaban J connectivity index is 1.62. The third-order valence-corrected chi connectivity index (χ3v) is 4.44. The van der Waals surface area contributed by atoms with Gasteiger partial charge in [0.1, 0.15) is 5.69 Å². The van der Waals surface area contributed by atoms with Crippen molar-refractivity contribution in [1.82, 2.24) is 19.4 Å². The predicted molar refractivity (Wildman–Crippen MR) is 103 cm³/mol. The van der Waals surface area contributed by atoms with Gasteiger partial charge in [-0.3, -0.25) is 4.79 Å². The lowest BCUT2D eigenvalue weighted by atomic mass is 9.93. The molecule has 3 aromatic rings. The van der Waals surface area contributed by atoms with E-state index in [9.17, 15) is 4.79 Å². The molecule has 5 nitrogen and oxygen atoms in total. The summed E-state index contributed by atoms with van der Waals surface area (Å²) in [6, 6.07) is 12.2. The molecular weight excluding hydrogens is 324 g/mol. The molecule has 1 amide bonds. The van der Waals surface area contributed by atoms with Crippen LogP contribution >= 0.6 is 0 Å². The number of nitrogens with one attached hydrogen (secondary N) is 1. The summed E-state index contributed by atoms with van der Waals surface area (Å²) in [5.74, 6) is 0.00277. The minimum atomic E-state index is 0.00215. The zero-order chi connectivity index (χ0) is 18.7. The van der Waals surface area contributed by atoms with Gasteiger partial charge in [-0.2, -0.15) is 0 Å². The van der Waals surface area contributed by atoms with Gasteiger partial charge in [-0.05, 0) is 23.3 Å². The second kappa shape index (κ2) is 7.20. The van der Waals surface area contributed by atoms with Crippen LogP contribution in [0.25, 0.3) is 0 Å². The van der Waals surface area contributed by atoms with Crippen LogP contribution in [0.2, 0.25) is 0 Å². The summed E-state index contributed by atoms with van der Waals surface area (Å²) in [5, 5.41) is 0. The van der Waals surface area contributed by atoms with Crippen LogP contribution in [0.5, 0.6) is 0 Å². The number of benzene rings is 1. The van der Waals surface area contributed by atoms with Gasteiger partial charge in [0, 0.05) is 43.6 Å². The number of aromatic amines is 1. The van der Waals surface area contributed by atoms with Gasteiger partial charge in [-0.25, -0.2) is 4.98 Å². The largest absolute Gasteiger partial charge is 0.354 e. The Morgan fingerprint density at radius 1 is 1.12 bits per heavy atom. The number of nitrogens with zero attached hydrogens (tertiary/aromatic N) is 3. The van der Waals surface area contributed by atoms with E-state index in [0.29, 0.717) is 12.2 Å². The molecule has 0 saturated heterocycles. The van der Waals surface area contributed by atoms with E-state index < -0.39 is 0 Å². The highest BCUT2D eigenvalue weighted by Gasteiger charge is 2.19. The molecule has 2 heterocycles. The number of imidazole rings is 1. The number of hydrogen-bond donors (Lipinski definition) is 1. The smallest absolute Gasteiger partial charge is 0.270 e. The summed E-state index contributed by atoms with van der Waals surface area (Å²) in [7, 11) is 1.83. The molecular formula is C21H26N4O. The van der Waals surface area contributed by atoms with Gasteiger partial charge in [0.15, 0.2) is 0 Å². The van der Waals surface area contributed by atoms with Crippen molar-refractivity contribution in [2.75, 3.05) is 7.05 Å². The second-order valence-corrected chi connectivity index (χ2v) is 7.75. The number of H-pyrrole nitrogens is 1. The van der Waals surface area contributed by atoms with Gasteiger partial charge in [-0.1, -0.05) is 45.0 Å². The minimum absolute atomic E-state index is 0.00215. The van der Waals surface area contributed by atoms with E-state index in [4.69, 9.17) is 0 Å². The van der Waals surface area contributed by atoms with Crippen LogP contribution in [0.15, 0.2) is 55.1 Å². The first kappa shape index (κ1) is 18.0. The zero-order valence-electron chi connectivity index (χ0n) is 15.9. The Kier molecular flexibility index (Phi) is 4.98. The molecule has 1 N–H and O–H groups in total. The maximum atomic E-state index is 12.7. The number of hydrogen-bond acceptors (Lipinski definition) is 2. The summed E-state index contributed by atoms with van der Waals surface area (Å²) in [6.45, 7) is 7.76. The molecule has 1 aromatic carbocycles. The van der Waals surface area contributed by atoms with E-state index in [1.165, 1.54) is 5.56 Å². The van der Waals surface area contributed by atoms with Crippen LogP contribution < -0.4 is 0 Å². The highest BCUT2D eigenvalue weighted by molar-refractivity contribution is 5.92. The SMILES string of the molecule is CN(Cc1ccc(Cn2ccnc2)cc1)C(=O)c1ccc(C(C)(C)C)[nH]1. The lowest BCUT2D eigenvalue weighted by molar-refractivity contribution is 0.0779. The monoisotopic (exact) mass is 350 g/mol. The van der Waals surface area contributed by atoms with Crippen LogP contribution in [-0.2, 0) is 18.5 Å². The topological polar surface area (TPSA) is 53.9 Å². The Bertz CT molecular complexity index is 854. The molecule has 3 rings (SSSR count). The van der Waals surface area contributed by atoms with Crippen molar-refractivity contribution in [3.05, 3.63) is 77.6 Å². The molecule has 5 heteroatoms. The Morgan fingerprint density at radius 2 is 1.81 bits per heavy atom. The van der Waals surface area contributed by atoms with Crippen molar-refractivity contribution in [3.63, 3.8) is 0 Å². The van der Waals surface area contributed by atoms with Crippen molar-refractivity contribution in [1.29, 1.82) is 0 Å². The van der Waals surface area contributed by atoms with Gasteiger partial charge in [0.2, 0.25) is 0 Å². The van der Waals surface area contributed by atoms with E-state index in [1.54, 1.807) is 11.1 Å². The highest BCUT2D eigenvalue weighted by Crippen LogP contribution is 2.21. The number of carbonyl (C=O) groups excluding carboxylic acids is 1. The van der Waals surface area contributed by atoms with Gasteiger partial charge in [0.25, 0.3) is 5.91 Å². The summed E-state index contributed by atoms with van der Waals surface area (Å²) in [5.41, 5.74) is 4.02. The third kappa shape index (κ3) is 4.23. The summed E-state index contributed by atoms with van der Waals surface area (Å²) in [6.07, 6.45) is 5.53. The summed E-state index contributed by atoms with van der Waals surface area (Å²) >= 11 is 0. The first-order chi connectivity index (χ1) is 12.3. The molecule has 0 radical (unpaired) electrons. The van der Waals surface area contributed by atoms with Crippen molar-refractivity contribution < 1.29 is 4.79 Å². The molecule has 2 aromatic heterocycles. The molecule has 0 aliphatic rings. The summed E-state index contributed by atoms with van der Waals surface area (Å²) in [4.78, 5) is 21.7. The Labute approximate surface area is 154 Å². The molecule has 136 valence electrons. The van der Waals surface area contributed by atoms with Crippen molar-refractivity contribution >= 4 is 5.91 Å². The first-order valence-corrected chi connectivity index (χ1v) is 8.81. The first-order valence-electron chi connectivity index (χ1n) is 8.81. The van der Waals surface area contributed by atoms with E-state index in [2.05, 4.69) is 55.0 Å². The average molecular weight is 350 g/mol. The van der Waals surface area contributed by atoms with Crippen molar-refractivity contribution in [2.24, 2.45) is 0 Å². The summed E-state index contributed by atoms with van der Waals surface area (Å²) < 4.78 is 2.03. The van der Waals surface area contributed by atoms with E-state index in [1.807, 2.05) is 36.3 Å². The van der Waals surface area contributed by atoms with E-state index in [0.717, 1.165) is 17.8 Å². The predicted octanol–water partition coefficient (Wildman–Crippen LogP) is 3.83. The average Bonchev–Trinajstić information content (AvgIpc) is 3.27. The number of carbonyl (C=O) groups is 1. The number of aromatic nitrogens is 3. The Hall–Kier alpha value is -2.82. The van der Waals surface area contributed by atoms with Gasteiger partial charge in [-0.15, -0.1) is 0 Å². The second-order valence-electron chi connectivity index (χ2n) is 7.75. The lowest BCUT2D eigenvalue weighted by Crippen LogP contribution is -2.26. The van der Waals surface area contributed by atoms with Crippen LogP contribution in [0, 0.1) is 0 Å². The van der Waals surface area contributed by atoms with E-state index in [-0.39, 0.29) is 11.3 Å². The quantitative estimate of drug-likeness (QED) is 0.760. The van der Waals surface area contributed by atoms with Crippen LogP contribution in [0.3, 0.4) is 0 Å². The van der Waals surface area contributed by atoms with Crippen LogP contribution in [0.1, 0.15) is 48.1 Å². The van der Waals surface area contributed by atoms with E-state index >= 15 is 0 Å². The molecule has 0 fully saturated rings. The zero-order valence-corrected chi connectivity index (χ0v) is 15.9. The molecule has 0 spiro atoms. The minimum Gasteiger partial charge on any atom is -0.354 e. The maximum absolute atomic E-state index is 12.7. The molecule has 0 unspecified atom stereocenters. The van der Waals surface area contributed by atoms with Gasteiger partial charge in [0.05, 0.1) is 6.33 Å². The number of amides is 1. The standard InChI is InChI=1S/C21H26N4O/c1-21(2,3)19-10-9-18(23-19)20(26)24(4)13-16-5-7-17(8-6-16)14-25-12-11-22-15-25/h5-12,15,23H,13-14H2,1-4H3. The molecule has 26 heavy (non-hydrogen) atoms. The molecule has 0 saturated carbocycles. The normalized spacial score (nSPS) is 11.5. The molecule has 0 aliphatic heterocycles. The molecule has 0 aliphatic carbocycles. The van der Waals surface area contributed by atoms with Crippen LogP contribution in [-0.4, -0.2) is 32.4 Å². The highest BCUT2D eigenvalue weighted by atomic mass is 16.2. The number of rotatable bonds is 5. The molecule has 0 bridgehead atoms. The van der Waals surface area contributed by atoms with Crippen molar-refractivity contribution in [3.8, 4) is 0 Å². The Morgan fingerprint density at radius 3 is 2.38 bits per heavy atom. The fraction of sp³-hybridized carbons (Fsp3) is 0.333. The van der Waals surface area contributed by atoms with Gasteiger partial charge >= 0.3 is 0 Å². The van der Waals surface area contributed by atoms with Crippen molar-refractivity contribution in [2.45, 2.75) is 39.3 Å². The fourth-order valence-electron chi connectivity index (χ4n) is 2.85. The van der Waals surface area contributed by atoms with Gasteiger partial charge < -0.3 is 14.5 Å². The van der Waals surface area contributed by atoms with Crippen LogP contribution in [0.4, 0.5) is 0 Å². The maximum Gasteiger partial charge on any atom is 0.270 e. The molecule has 0 atom stereocenters. The third-order valence-electron chi connectivity index (χ3n) is 4.44.